The Labute approximate surface area is 268 Å². The second-order valence-electron chi connectivity index (χ2n) is 10.4. The first-order valence-electron chi connectivity index (χ1n) is 13.5. The molecule has 3 aliphatic rings. The molecule has 24 nitrogen and oxygen atoms in total. The van der Waals surface area contributed by atoms with Gasteiger partial charge < -0.3 is 60.7 Å². The summed E-state index contributed by atoms with van der Waals surface area (Å²) in [5.41, 5.74) is 11.3. The number of nitrogen functional groups attached to an aromatic ring is 1. The molecule has 0 bridgehead atoms. The zero-order chi connectivity index (χ0) is 35.2. The van der Waals surface area contributed by atoms with Crippen LogP contribution in [0, 0.1) is 0 Å². The van der Waals surface area contributed by atoms with Gasteiger partial charge in [-0.3, -0.25) is 22.9 Å². The number of ether oxygens (including phenoxy) is 2. The molecule has 0 spiro atoms. The average Bonchev–Trinajstić information content (AvgIpc) is 3.64. The lowest BCUT2D eigenvalue weighted by Crippen LogP contribution is -2.40. The van der Waals surface area contributed by atoms with Gasteiger partial charge >= 0.3 is 23.5 Å². The molecule has 0 aromatic carbocycles. The normalized spacial score (nSPS) is 31.9. The first kappa shape index (κ1) is 36.5. The van der Waals surface area contributed by atoms with Gasteiger partial charge in [0.25, 0.3) is 0 Å². The number of fused-ring (bicyclic) bond motifs is 1. The number of aromatic nitrogens is 4. The van der Waals surface area contributed by atoms with Crippen LogP contribution in [-0.4, -0.2) is 121 Å². The van der Waals surface area contributed by atoms with Crippen molar-refractivity contribution in [3.8, 4) is 0 Å². The second-order valence-corrected chi connectivity index (χ2v) is 14.6. The van der Waals surface area contributed by atoms with Crippen LogP contribution in [-0.2, 0) is 45.8 Å². The van der Waals surface area contributed by atoms with Crippen LogP contribution in [0.1, 0.15) is 12.6 Å². The third-order valence-electron chi connectivity index (χ3n) is 7.11. The number of phosphoric acid groups is 3. The fourth-order valence-corrected chi connectivity index (χ4v) is 7.57. The number of carbonyl (C=O) groups excluding carboxylic acids is 1. The molecule has 0 aliphatic carbocycles. The highest BCUT2D eigenvalue weighted by molar-refractivity contribution is 7.61. The van der Waals surface area contributed by atoms with Crippen molar-refractivity contribution in [1.29, 1.82) is 0 Å². The zero-order valence-corrected chi connectivity index (χ0v) is 26.8. The number of aliphatic hydroxyl groups excluding tert-OH is 3. The van der Waals surface area contributed by atoms with Gasteiger partial charge in [0.15, 0.2) is 23.9 Å². The molecule has 266 valence electrons. The number of aliphatic hydroxyl groups is 3. The fourth-order valence-electron chi connectivity index (χ4n) is 4.93. The van der Waals surface area contributed by atoms with Gasteiger partial charge in [0.05, 0.1) is 19.5 Å². The number of hydrogen-bond donors (Lipinski definition) is 9. The number of allylic oxidation sites excluding steroid dienone is 1. The van der Waals surface area contributed by atoms with Crippen molar-refractivity contribution in [2.24, 2.45) is 5.73 Å². The minimum atomic E-state index is -5.52. The fraction of sp³-hybridized carbons (Fsp3) is 0.524. The predicted octanol–water partition coefficient (Wildman–Crippen LogP) is -2.57. The van der Waals surface area contributed by atoms with Crippen molar-refractivity contribution >= 4 is 46.4 Å². The molecule has 3 aliphatic heterocycles. The molecule has 48 heavy (non-hydrogen) atoms. The lowest BCUT2D eigenvalue weighted by molar-refractivity contribution is -0.115. The topological polar surface area (TPSA) is 364 Å². The molecule has 27 heteroatoms. The molecule has 2 saturated heterocycles. The van der Waals surface area contributed by atoms with Gasteiger partial charge in [0, 0.05) is 18.0 Å². The van der Waals surface area contributed by atoms with Gasteiger partial charge in [-0.15, -0.1) is 0 Å². The maximum absolute atomic E-state index is 12.6. The molecule has 5 heterocycles. The molecule has 2 aromatic rings. The number of amides is 1. The highest BCUT2D eigenvalue weighted by Crippen LogP contribution is 2.61. The summed E-state index contributed by atoms with van der Waals surface area (Å²) in [7, 11) is -16.3. The Hall–Kier alpha value is -2.73. The number of imidazole rings is 1. The lowest BCUT2D eigenvalue weighted by Gasteiger charge is -2.28. The van der Waals surface area contributed by atoms with Crippen molar-refractivity contribution in [3.63, 3.8) is 0 Å². The van der Waals surface area contributed by atoms with E-state index in [-0.39, 0.29) is 29.0 Å². The van der Waals surface area contributed by atoms with Gasteiger partial charge in [0.1, 0.15) is 48.5 Å². The van der Waals surface area contributed by atoms with Crippen LogP contribution in [0.5, 0.6) is 0 Å². The van der Waals surface area contributed by atoms with E-state index in [1.54, 1.807) is 0 Å². The van der Waals surface area contributed by atoms with Gasteiger partial charge in [-0.05, 0) is 6.42 Å². The number of hydrogen-bond acceptors (Lipinski definition) is 18. The third kappa shape index (κ3) is 8.17. The van der Waals surface area contributed by atoms with Crippen LogP contribution in [0.25, 0.3) is 11.2 Å². The number of nitrogens with zero attached hydrogens (tertiary/aromatic N) is 5. The molecule has 2 unspecified atom stereocenters. The van der Waals surface area contributed by atoms with E-state index in [0.717, 1.165) is 17.2 Å². The van der Waals surface area contributed by atoms with Gasteiger partial charge in [-0.25, -0.2) is 28.6 Å². The summed E-state index contributed by atoms with van der Waals surface area (Å²) >= 11 is 0. The number of nitrogens with two attached hydrogens (primary N) is 2. The maximum atomic E-state index is 12.6. The molecule has 10 atom stereocenters. The van der Waals surface area contributed by atoms with Gasteiger partial charge in [-0.2, -0.15) is 4.31 Å². The summed E-state index contributed by atoms with van der Waals surface area (Å²) in [6, 6.07) is 0. The van der Waals surface area contributed by atoms with E-state index in [2.05, 4.69) is 23.8 Å². The molecule has 5 rings (SSSR count). The molecular formula is C21H30N7O17P3. The molecule has 0 saturated carbocycles. The highest BCUT2D eigenvalue weighted by atomic mass is 31.3. The monoisotopic (exact) mass is 745 g/mol. The summed E-state index contributed by atoms with van der Waals surface area (Å²) in [5, 5.41) is 31.5. The van der Waals surface area contributed by atoms with E-state index in [4.69, 9.17) is 30.0 Å². The quantitative estimate of drug-likeness (QED) is 0.0951. The van der Waals surface area contributed by atoms with Crippen LogP contribution < -0.4 is 11.5 Å². The van der Waals surface area contributed by atoms with Crippen molar-refractivity contribution in [3.05, 3.63) is 36.7 Å². The first-order valence-corrected chi connectivity index (χ1v) is 18.0. The molecule has 11 N–H and O–H groups in total. The van der Waals surface area contributed by atoms with E-state index < -0.39 is 91.7 Å². The summed E-state index contributed by atoms with van der Waals surface area (Å²) in [6.07, 6.45) is -6.47. The number of carbonyl (C=O) groups is 1. The van der Waals surface area contributed by atoms with Gasteiger partial charge in [-0.1, -0.05) is 6.08 Å². The highest BCUT2D eigenvalue weighted by Gasteiger charge is 2.51. The number of phosphoric ester groups is 3. The van der Waals surface area contributed by atoms with E-state index in [1.165, 1.54) is 23.4 Å². The average molecular weight is 745 g/mol. The van der Waals surface area contributed by atoms with Crippen LogP contribution in [0.4, 0.5) is 5.82 Å². The van der Waals surface area contributed by atoms with Crippen LogP contribution in [0.2, 0.25) is 0 Å². The Morgan fingerprint density at radius 1 is 0.938 bits per heavy atom. The molecule has 2 aromatic heterocycles. The first-order chi connectivity index (χ1) is 22.4. The Morgan fingerprint density at radius 3 is 2.19 bits per heavy atom. The number of primary amides is 1. The predicted molar refractivity (Wildman–Crippen MR) is 153 cm³/mol. The number of anilines is 1. The SMILES string of the molecule is NC(=O)C1=CN([C@@H]2O[C@H](COP(=O)(O)OP(=O)(O)OC[C@H]3O[C@@H](n4cnc5c(N)ncnc54)[C@H](OP(=O)(O)O)[C@H]3O)[C@@H](O)[C@H]2O)C=CC1. The van der Waals surface area contributed by atoms with Gasteiger partial charge in [0.2, 0.25) is 5.91 Å². The Bertz CT molecular complexity index is 1740. The summed E-state index contributed by atoms with van der Waals surface area (Å²) in [6.45, 7) is -2.02. The summed E-state index contributed by atoms with van der Waals surface area (Å²) in [4.78, 5) is 63.4. The van der Waals surface area contributed by atoms with E-state index >= 15 is 0 Å². The summed E-state index contributed by atoms with van der Waals surface area (Å²) in [5.74, 6) is -0.791. The molecule has 2 fully saturated rings. The van der Waals surface area contributed by atoms with E-state index in [0.29, 0.717) is 0 Å². The van der Waals surface area contributed by atoms with Crippen LogP contribution >= 0.6 is 23.5 Å². The smallest absolute Gasteiger partial charge is 0.387 e. The van der Waals surface area contributed by atoms with Crippen LogP contribution in [0.3, 0.4) is 0 Å². The molecule has 0 radical (unpaired) electrons. The second kappa shape index (κ2) is 13.9. The van der Waals surface area contributed by atoms with Crippen molar-refractivity contribution < 1.29 is 80.7 Å². The largest absolute Gasteiger partial charge is 0.481 e. The minimum Gasteiger partial charge on any atom is -0.387 e. The van der Waals surface area contributed by atoms with E-state index in [1.807, 2.05) is 0 Å². The van der Waals surface area contributed by atoms with Crippen LogP contribution in [0.15, 0.2) is 36.7 Å². The standard InChI is InChI=1S/C21H30N7O17P3/c22-17-12-19(25-7-24-17)28(8-26-12)21-16(44-46(33,34)35)14(30)11(43-21)6-41-48(38,39)45-47(36,37)40-5-10-13(29)15(31)20(42-10)27-3-1-2-9(4-27)18(23)32/h1,3-4,7-8,10-11,13-16,20-21,29-31H,2,5-6H2,(H2,23,32)(H,36,37)(H,38,39)(H2,22,24,25)(H2,33,34,35)/t10-,11-,13-,14+,15-,16-,20-,21-/m1/s1. The van der Waals surface area contributed by atoms with Crippen molar-refractivity contribution in [2.75, 3.05) is 18.9 Å². The Morgan fingerprint density at radius 2 is 1.56 bits per heavy atom. The van der Waals surface area contributed by atoms with Crippen molar-refractivity contribution in [1.82, 2.24) is 24.4 Å². The third-order valence-corrected chi connectivity index (χ3v) is 10.2. The molecule has 1 amide bonds. The summed E-state index contributed by atoms with van der Waals surface area (Å²) < 4.78 is 67.2. The lowest BCUT2D eigenvalue weighted by atomic mass is 10.1. The minimum absolute atomic E-state index is 0.00424. The Kier molecular flexibility index (Phi) is 10.6. The zero-order valence-electron chi connectivity index (χ0n) is 24.1. The molecular weight excluding hydrogens is 715 g/mol. The number of rotatable bonds is 13. The maximum Gasteiger partial charge on any atom is 0.481 e. The van der Waals surface area contributed by atoms with E-state index in [9.17, 15) is 53.4 Å². The van der Waals surface area contributed by atoms with Crippen molar-refractivity contribution in [2.45, 2.75) is 55.5 Å². The Balaban J connectivity index is 1.20.